The predicted octanol–water partition coefficient (Wildman–Crippen LogP) is 4.98. The van der Waals surface area contributed by atoms with Crippen LogP contribution >= 0.6 is 0 Å². The van der Waals surface area contributed by atoms with Gasteiger partial charge in [-0.1, -0.05) is 0 Å². The van der Waals surface area contributed by atoms with Gasteiger partial charge < -0.3 is 10.8 Å². The smallest absolute Gasteiger partial charge is 0.410 e. The van der Waals surface area contributed by atoms with E-state index in [1.165, 1.54) is 18.5 Å². The number of fused-ring (bicyclic) bond motifs is 2. The number of imidazole rings is 1. The summed E-state index contributed by atoms with van der Waals surface area (Å²) in [6, 6.07) is 10.1. The lowest BCUT2D eigenvalue weighted by Gasteiger charge is -2.14. The highest BCUT2D eigenvalue weighted by Gasteiger charge is 2.32. The molecule has 0 bridgehead atoms. The summed E-state index contributed by atoms with van der Waals surface area (Å²) < 4.78 is 31.4. The summed E-state index contributed by atoms with van der Waals surface area (Å²) in [5, 5.41) is 11.2. The van der Waals surface area contributed by atoms with Crippen molar-refractivity contribution in [1.82, 2.24) is 19.5 Å². The molecule has 1 aliphatic rings. The number of hydrogen-bond donors (Lipinski definition) is 3. The first-order valence-corrected chi connectivity index (χ1v) is 11.4. The number of nitrogens with one attached hydrogen (secondary N) is 1. The van der Waals surface area contributed by atoms with Crippen LogP contribution in [-0.2, 0) is 0 Å². The van der Waals surface area contributed by atoms with Gasteiger partial charge in [0.25, 0.3) is 5.91 Å². The fourth-order valence-corrected chi connectivity index (χ4v) is 4.57. The zero-order chi connectivity index (χ0) is 25.8. The second kappa shape index (κ2) is 8.33. The molecule has 0 saturated heterocycles. The van der Waals surface area contributed by atoms with Crippen molar-refractivity contribution in [2.75, 3.05) is 5.32 Å². The van der Waals surface area contributed by atoms with Crippen molar-refractivity contribution < 1.29 is 23.5 Å². The summed E-state index contributed by atoms with van der Waals surface area (Å²) in [5.74, 6) is -1.25. The van der Waals surface area contributed by atoms with Crippen LogP contribution in [0.5, 0.6) is 0 Å². The number of benzene rings is 2. The number of hydrogen-bond acceptors (Lipinski definition) is 5. The number of halogens is 2. The number of carbonyl (C=O) groups excluding carboxylic acids is 1. The quantitative estimate of drug-likeness (QED) is 0.311. The average Bonchev–Trinajstić information content (AvgIpc) is 3.65. The summed E-state index contributed by atoms with van der Waals surface area (Å²) >= 11 is 0. The molecule has 2 amide bonds. The number of pyridine rings is 2. The van der Waals surface area contributed by atoms with Gasteiger partial charge in [0, 0.05) is 18.3 Å². The Morgan fingerprint density at radius 1 is 0.973 bits per heavy atom. The topological polar surface area (TPSA) is 136 Å². The molecule has 0 atom stereocenters. The summed E-state index contributed by atoms with van der Waals surface area (Å²) in [5.41, 5.74) is 7.98. The predicted molar refractivity (Wildman–Crippen MR) is 132 cm³/mol. The van der Waals surface area contributed by atoms with Gasteiger partial charge in [0.05, 0.1) is 22.2 Å². The SMILES string of the molecule is NC(=O)c1cc(-c2ccnc(NC(=O)O)c2)cc2c1nc(C1CC1)n2-c1ccnc2c(F)ccc(F)c12. The van der Waals surface area contributed by atoms with E-state index in [1.807, 2.05) is 0 Å². The van der Waals surface area contributed by atoms with Gasteiger partial charge in [0.2, 0.25) is 0 Å². The number of primary amides is 1. The molecule has 3 aromatic heterocycles. The molecule has 1 fully saturated rings. The van der Waals surface area contributed by atoms with E-state index in [2.05, 4.69) is 15.3 Å². The first-order chi connectivity index (χ1) is 17.8. The summed E-state index contributed by atoms with van der Waals surface area (Å²) in [6.45, 7) is 0. The van der Waals surface area contributed by atoms with Crippen LogP contribution in [0.1, 0.15) is 34.9 Å². The van der Waals surface area contributed by atoms with Crippen molar-refractivity contribution in [3.8, 4) is 16.8 Å². The van der Waals surface area contributed by atoms with Crippen LogP contribution in [0.3, 0.4) is 0 Å². The van der Waals surface area contributed by atoms with Gasteiger partial charge in [-0.15, -0.1) is 0 Å². The van der Waals surface area contributed by atoms with E-state index in [9.17, 15) is 14.0 Å². The zero-order valence-electron chi connectivity index (χ0n) is 19.1. The number of carboxylic acid groups (broad SMARTS) is 1. The highest BCUT2D eigenvalue weighted by Crippen LogP contribution is 2.44. The van der Waals surface area contributed by atoms with Gasteiger partial charge in [0.1, 0.15) is 34.3 Å². The fourth-order valence-electron chi connectivity index (χ4n) is 4.57. The molecule has 0 spiro atoms. The first-order valence-electron chi connectivity index (χ1n) is 11.4. The number of anilines is 1. The summed E-state index contributed by atoms with van der Waals surface area (Å²) in [7, 11) is 0. The molecular weight excluding hydrogens is 482 g/mol. The van der Waals surface area contributed by atoms with E-state index in [4.69, 9.17) is 15.8 Å². The van der Waals surface area contributed by atoms with Crippen molar-refractivity contribution in [1.29, 1.82) is 0 Å². The van der Waals surface area contributed by atoms with E-state index >= 15 is 4.39 Å². The number of nitrogens with two attached hydrogens (primary N) is 1. The second-order valence-corrected chi connectivity index (χ2v) is 8.78. The Hall–Kier alpha value is -4.93. The van der Waals surface area contributed by atoms with Crippen molar-refractivity contribution in [3.63, 3.8) is 0 Å². The third-order valence-corrected chi connectivity index (χ3v) is 6.33. The minimum absolute atomic E-state index is 0.00779. The van der Waals surface area contributed by atoms with Crippen LogP contribution in [0.15, 0.2) is 54.9 Å². The maximum Gasteiger partial charge on any atom is 0.410 e. The molecule has 5 aromatic rings. The molecule has 0 radical (unpaired) electrons. The Morgan fingerprint density at radius 2 is 1.73 bits per heavy atom. The molecule has 0 unspecified atom stereocenters. The number of carbonyl (C=O) groups is 2. The lowest BCUT2D eigenvalue weighted by atomic mass is 10.0. The van der Waals surface area contributed by atoms with Crippen LogP contribution in [0, 0.1) is 11.6 Å². The summed E-state index contributed by atoms with van der Waals surface area (Å²) in [6.07, 6.45) is 3.27. The molecule has 11 heteroatoms. The fraction of sp³-hybridized carbons (Fsp3) is 0.115. The van der Waals surface area contributed by atoms with Crippen LogP contribution in [0.25, 0.3) is 38.8 Å². The third kappa shape index (κ3) is 3.80. The molecule has 1 aliphatic carbocycles. The van der Waals surface area contributed by atoms with Crippen LogP contribution < -0.4 is 11.1 Å². The number of rotatable bonds is 5. The first kappa shape index (κ1) is 22.5. The minimum atomic E-state index is -1.27. The van der Waals surface area contributed by atoms with E-state index < -0.39 is 23.6 Å². The second-order valence-electron chi connectivity index (χ2n) is 8.78. The molecule has 6 rings (SSSR count). The molecule has 1 saturated carbocycles. The minimum Gasteiger partial charge on any atom is -0.465 e. The van der Waals surface area contributed by atoms with Crippen molar-refractivity contribution in [2.45, 2.75) is 18.8 Å². The Labute approximate surface area is 207 Å². The van der Waals surface area contributed by atoms with E-state index in [0.29, 0.717) is 33.7 Å². The largest absolute Gasteiger partial charge is 0.465 e. The average molecular weight is 500 g/mol. The van der Waals surface area contributed by atoms with Gasteiger partial charge in [-0.2, -0.15) is 0 Å². The van der Waals surface area contributed by atoms with Crippen LogP contribution in [-0.4, -0.2) is 36.6 Å². The Morgan fingerprint density at radius 3 is 2.46 bits per heavy atom. The standard InChI is InChI=1S/C26H18F2N6O3/c27-16-3-4-17(28)23-21(16)18(6-8-31-23)34-19-10-14(13-5-7-30-20(11-13)32-26(36)37)9-15(24(29)35)22(19)33-25(34)12-1-2-12/h3-12H,1-2H2,(H2,29,35)(H,30,32)(H,36,37). The van der Waals surface area contributed by atoms with Crippen molar-refractivity contribution >= 4 is 39.8 Å². The Bertz CT molecular complexity index is 1760. The Kier molecular flexibility index (Phi) is 5.07. The van der Waals surface area contributed by atoms with Gasteiger partial charge in [-0.25, -0.2) is 23.5 Å². The number of nitrogens with zero attached hydrogens (tertiary/aromatic N) is 4. The molecule has 9 nitrogen and oxygen atoms in total. The van der Waals surface area contributed by atoms with Crippen LogP contribution in [0.4, 0.5) is 19.4 Å². The maximum atomic E-state index is 15.1. The highest BCUT2D eigenvalue weighted by atomic mass is 19.1. The highest BCUT2D eigenvalue weighted by molar-refractivity contribution is 6.07. The molecule has 2 aromatic carbocycles. The summed E-state index contributed by atoms with van der Waals surface area (Å²) in [4.78, 5) is 36.4. The molecule has 184 valence electrons. The monoisotopic (exact) mass is 500 g/mol. The van der Waals surface area contributed by atoms with E-state index in [-0.39, 0.29) is 28.2 Å². The van der Waals surface area contributed by atoms with Gasteiger partial charge in [-0.3, -0.25) is 19.7 Å². The lowest BCUT2D eigenvalue weighted by Crippen LogP contribution is -2.12. The normalized spacial score (nSPS) is 13.2. The molecule has 4 N–H and O–H groups in total. The third-order valence-electron chi connectivity index (χ3n) is 6.33. The van der Waals surface area contributed by atoms with Crippen LogP contribution in [0.2, 0.25) is 0 Å². The van der Waals surface area contributed by atoms with Gasteiger partial charge in [-0.05, 0) is 66.4 Å². The van der Waals surface area contributed by atoms with Crippen molar-refractivity contribution in [3.05, 3.63) is 77.9 Å². The van der Waals surface area contributed by atoms with Gasteiger partial charge >= 0.3 is 6.09 Å². The van der Waals surface area contributed by atoms with Crippen molar-refractivity contribution in [2.24, 2.45) is 5.73 Å². The van der Waals surface area contributed by atoms with E-state index in [1.54, 1.807) is 28.8 Å². The molecule has 37 heavy (non-hydrogen) atoms. The Balaban J connectivity index is 1.68. The van der Waals surface area contributed by atoms with Gasteiger partial charge in [0.15, 0.2) is 0 Å². The number of aromatic nitrogens is 4. The molecule has 0 aliphatic heterocycles. The molecule has 3 heterocycles. The molecular formula is C26H18F2N6O3. The van der Waals surface area contributed by atoms with E-state index in [0.717, 1.165) is 25.0 Å². The zero-order valence-corrected chi connectivity index (χ0v) is 19.1. The number of amides is 2. The maximum absolute atomic E-state index is 15.1. The lowest BCUT2D eigenvalue weighted by molar-refractivity contribution is 0.100.